The van der Waals surface area contributed by atoms with Crippen LogP contribution in [0, 0.1) is 0 Å². The van der Waals surface area contributed by atoms with Gasteiger partial charge in [-0.25, -0.2) is 4.98 Å². The fourth-order valence-corrected chi connectivity index (χ4v) is 3.58. The Morgan fingerprint density at radius 1 is 1.10 bits per heavy atom. The molecule has 0 aliphatic carbocycles. The number of benzene rings is 2. The van der Waals surface area contributed by atoms with Crippen LogP contribution in [0.2, 0.25) is 5.15 Å². The number of hydrogen-bond donors (Lipinski definition) is 2. The first-order chi connectivity index (χ1) is 14.7. The second-order valence-electron chi connectivity index (χ2n) is 6.74. The topological polar surface area (TPSA) is 92.5 Å². The molecule has 4 aromatic rings. The van der Waals surface area contributed by atoms with E-state index >= 15 is 0 Å². The van der Waals surface area contributed by atoms with Gasteiger partial charge in [-0.15, -0.1) is 10.2 Å². The number of imidazole rings is 1. The molecule has 2 heterocycles. The van der Waals surface area contributed by atoms with Gasteiger partial charge in [0, 0.05) is 12.1 Å². The molecule has 0 aliphatic heterocycles. The van der Waals surface area contributed by atoms with E-state index in [1.54, 1.807) is 0 Å². The van der Waals surface area contributed by atoms with Crippen LogP contribution in [0.25, 0.3) is 28.6 Å². The lowest BCUT2D eigenvalue weighted by Crippen LogP contribution is -2.06. The zero-order valence-electron chi connectivity index (χ0n) is 16.5. The average molecular weight is 421 g/mol. The summed E-state index contributed by atoms with van der Waals surface area (Å²) >= 11 is 6.22. The fourth-order valence-electron chi connectivity index (χ4n) is 3.33. The predicted molar refractivity (Wildman–Crippen MR) is 117 cm³/mol. The Morgan fingerprint density at radius 2 is 1.87 bits per heavy atom. The quantitative estimate of drug-likeness (QED) is 0.463. The van der Waals surface area contributed by atoms with Crippen molar-refractivity contribution in [1.29, 1.82) is 0 Å². The van der Waals surface area contributed by atoms with Gasteiger partial charge in [-0.3, -0.25) is 0 Å². The fraction of sp³-hybridized carbons (Fsp3) is 0.182. The molecule has 2 aromatic heterocycles. The standard InChI is InChI=1S/C22H21ClN6O/c1-2-3-8-20-24-21(23)19(14-30)29(20)13-15-9-11-16(12-10-15)17-6-4-5-7-18(17)22-25-27-28-26-22/h3-12,30H,2,13-14H2,1H3,(H,25,26,27,28)/b8-3+. The molecule has 0 radical (unpaired) electrons. The molecule has 7 nitrogen and oxygen atoms in total. The number of nitrogens with zero attached hydrogens (tertiary/aromatic N) is 5. The maximum atomic E-state index is 9.74. The maximum Gasteiger partial charge on any atom is 0.205 e. The van der Waals surface area contributed by atoms with Gasteiger partial charge in [0.2, 0.25) is 5.82 Å². The number of aliphatic hydroxyl groups is 1. The van der Waals surface area contributed by atoms with Crippen LogP contribution in [-0.4, -0.2) is 35.3 Å². The van der Waals surface area contributed by atoms with Crippen molar-refractivity contribution in [2.45, 2.75) is 26.5 Å². The Bertz CT molecular complexity index is 1150. The number of aliphatic hydroxyl groups excluding tert-OH is 1. The van der Waals surface area contributed by atoms with Crippen LogP contribution < -0.4 is 0 Å². The molecule has 2 aromatic carbocycles. The van der Waals surface area contributed by atoms with Crippen LogP contribution in [-0.2, 0) is 13.2 Å². The summed E-state index contributed by atoms with van der Waals surface area (Å²) in [4.78, 5) is 4.38. The normalized spacial score (nSPS) is 11.4. The van der Waals surface area contributed by atoms with Crippen molar-refractivity contribution in [1.82, 2.24) is 30.2 Å². The summed E-state index contributed by atoms with van der Waals surface area (Å²) < 4.78 is 1.94. The molecule has 0 fully saturated rings. The Morgan fingerprint density at radius 3 is 2.53 bits per heavy atom. The zero-order chi connectivity index (χ0) is 20.9. The van der Waals surface area contributed by atoms with E-state index in [9.17, 15) is 5.11 Å². The molecule has 0 spiro atoms. The number of rotatable bonds is 7. The zero-order valence-corrected chi connectivity index (χ0v) is 17.2. The highest BCUT2D eigenvalue weighted by molar-refractivity contribution is 6.30. The third-order valence-electron chi connectivity index (χ3n) is 4.82. The van der Waals surface area contributed by atoms with E-state index in [-0.39, 0.29) is 6.61 Å². The summed E-state index contributed by atoms with van der Waals surface area (Å²) in [5, 5.41) is 24.4. The maximum absolute atomic E-state index is 9.74. The monoisotopic (exact) mass is 420 g/mol. The lowest BCUT2D eigenvalue weighted by Gasteiger charge is -2.11. The Hall–Kier alpha value is -3.29. The van der Waals surface area contributed by atoms with Gasteiger partial charge in [-0.05, 0) is 34.4 Å². The Kier molecular flexibility index (Phi) is 6.02. The summed E-state index contributed by atoms with van der Waals surface area (Å²) in [6.45, 7) is 2.46. The number of tetrazole rings is 1. The van der Waals surface area contributed by atoms with E-state index in [2.05, 4.69) is 56.8 Å². The smallest absolute Gasteiger partial charge is 0.205 e. The molecule has 0 saturated heterocycles. The molecule has 0 bridgehead atoms. The summed E-state index contributed by atoms with van der Waals surface area (Å²) in [6.07, 6.45) is 4.85. The Balaban J connectivity index is 1.65. The van der Waals surface area contributed by atoms with Crippen molar-refractivity contribution in [3.8, 4) is 22.5 Å². The first-order valence-corrected chi connectivity index (χ1v) is 10.0. The number of hydrogen-bond acceptors (Lipinski definition) is 5. The van der Waals surface area contributed by atoms with Crippen molar-refractivity contribution in [3.05, 3.63) is 76.8 Å². The van der Waals surface area contributed by atoms with Crippen LogP contribution in [0.15, 0.2) is 54.6 Å². The van der Waals surface area contributed by atoms with E-state index < -0.39 is 0 Å². The first-order valence-electron chi connectivity index (χ1n) is 9.65. The van der Waals surface area contributed by atoms with Gasteiger partial charge in [-0.1, -0.05) is 73.1 Å². The van der Waals surface area contributed by atoms with Crippen LogP contribution in [0.3, 0.4) is 0 Å². The lowest BCUT2D eigenvalue weighted by atomic mass is 9.98. The van der Waals surface area contributed by atoms with E-state index in [0.717, 1.165) is 34.5 Å². The third-order valence-corrected chi connectivity index (χ3v) is 5.13. The largest absolute Gasteiger partial charge is 0.390 e. The molecule has 2 N–H and O–H groups in total. The highest BCUT2D eigenvalue weighted by Crippen LogP contribution is 2.30. The molecule has 0 amide bonds. The number of aromatic nitrogens is 6. The first kappa shape index (κ1) is 20.0. The van der Waals surface area contributed by atoms with Crippen molar-refractivity contribution < 1.29 is 5.11 Å². The molecule has 152 valence electrons. The van der Waals surface area contributed by atoms with E-state index in [1.807, 2.05) is 41.0 Å². The molecule has 30 heavy (non-hydrogen) atoms. The van der Waals surface area contributed by atoms with Gasteiger partial charge in [0.25, 0.3) is 0 Å². The predicted octanol–water partition coefficient (Wildman–Crippen LogP) is 4.35. The molecule has 0 unspecified atom stereocenters. The van der Waals surface area contributed by atoms with E-state index in [4.69, 9.17) is 11.6 Å². The van der Waals surface area contributed by atoms with E-state index in [1.165, 1.54) is 0 Å². The molecule has 0 atom stereocenters. The summed E-state index contributed by atoms with van der Waals surface area (Å²) in [6, 6.07) is 16.2. The van der Waals surface area contributed by atoms with Crippen LogP contribution in [0.4, 0.5) is 0 Å². The molecular weight excluding hydrogens is 400 g/mol. The number of H-pyrrole nitrogens is 1. The van der Waals surface area contributed by atoms with Gasteiger partial charge in [0.15, 0.2) is 5.15 Å². The molecule has 0 saturated carbocycles. The van der Waals surface area contributed by atoms with Crippen LogP contribution in [0.5, 0.6) is 0 Å². The highest BCUT2D eigenvalue weighted by atomic mass is 35.5. The number of aromatic amines is 1. The average Bonchev–Trinajstić information content (AvgIpc) is 3.41. The number of halogens is 1. The van der Waals surface area contributed by atoms with Gasteiger partial charge < -0.3 is 9.67 Å². The van der Waals surface area contributed by atoms with Crippen molar-refractivity contribution >= 4 is 17.7 Å². The number of nitrogens with one attached hydrogen (secondary N) is 1. The summed E-state index contributed by atoms with van der Waals surface area (Å²) in [5.41, 5.74) is 4.68. The van der Waals surface area contributed by atoms with Crippen molar-refractivity contribution in [2.75, 3.05) is 0 Å². The Labute approximate surface area is 179 Å². The van der Waals surface area contributed by atoms with Gasteiger partial charge >= 0.3 is 0 Å². The third kappa shape index (κ3) is 4.03. The molecule has 4 rings (SSSR count). The molecular formula is C22H21ClN6O. The van der Waals surface area contributed by atoms with Crippen LogP contribution >= 0.6 is 11.6 Å². The van der Waals surface area contributed by atoms with Crippen molar-refractivity contribution in [3.63, 3.8) is 0 Å². The summed E-state index contributed by atoms with van der Waals surface area (Å²) in [7, 11) is 0. The van der Waals surface area contributed by atoms with Gasteiger partial charge in [0.05, 0.1) is 12.3 Å². The lowest BCUT2D eigenvalue weighted by molar-refractivity contribution is 0.271. The van der Waals surface area contributed by atoms with Crippen LogP contribution in [0.1, 0.15) is 30.4 Å². The SMILES string of the molecule is CC/C=C/c1nc(Cl)c(CO)n1Cc1ccc(-c2ccccc2-c2nn[nH]n2)cc1. The second-order valence-corrected chi connectivity index (χ2v) is 7.10. The minimum Gasteiger partial charge on any atom is -0.390 e. The molecule has 8 heteroatoms. The van der Waals surface area contributed by atoms with Gasteiger partial charge in [0.1, 0.15) is 5.82 Å². The minimum atomic E-state index is -0.165. The van der Waals surface area contributed by atoms with E-state index in [0.29, 0.717) is 23.2 Å². The highest BCUT2D eigenvalue weighted by Gasteiger charge is 2.14. The summed E-state index contributed by atoms with van der Waals surface area (Å²) in [5.74, 6) is 1.29. The van der Waals surface area contributed by atoms with Gasteiger partial charge in [-0.2, -0.15) is 5.21 Å². The van der Waals surface area contributed by atoms with Crippen molar-refractivity contribution in [2.24, 2.45) is 0 Å². The second kappa shape index (κ2) is 9.02. The minimum absolute atomic E-state index is 0.165. The molecule has 0 aliphatic rings. The number of allylic oxidation sites excluding steroid dienone is 1.